The number of nitrogens with zero attached hydrogens (tertiary/aromatic N) is 1. The minimum absolute atomic E-state index is 0.571. The highest BCUT2D eigenvalue weighted by Gasteiger charge is 2.45. The van der Waals surface area contributed by atoms with Crippen molar-refractivity contribution in [3.05, 3.63) is 246 Å². The number of thiophene rings is 1. The zero-order valence-corrected chi connectivity index (χ0v) is 36.2. The number of para-hydroxylation sites is 2. The first-order chi connectivity index (χ1) is 31.6. The van der Waals surface area contributed by atoms with E-state index in [0.29, 0.717) is 0 Å². The first-order valence-corrected chi connectivity index (χ1v) is 23.0. The standard InChI is InChI=1S/C60H41BN2S/c1-38-32-33-52(46(34-38)39-18-5-2-6-19-39)63-53-36-47-44-26-13-16-31-55(44)64-56(47)37-50(53)61-58-54(63)35-40-20-11-12-25-43(40)57(58)45-27-17-29-49-59(45)62-51-30-15-14-28-48(51)60(49,41-21-7-3-8-22-41)42-23-9-4-10-24-42/h2-37,61-62H,1H3. The van der Waals surface area contributed by atoms with Gasteiger partial charge in [0, 0.05) is 48.4 Å². The van der Waals surface area contributed by atoms with Crippen molar-refractivity contribution in [1.82, 2.24) is 0 Å². The summed E-state index contributed by atoms with van der Waals surface area (Å²) in [6.45, 7) is 2.20. The third-order valence-corrected chi connectivity index (χ3v) is 14.9. The summed E-state index contributed by atoms with van der Waals surface area (Å²) in [4.78, 5) is 2.59. The molecule has 0 saturated heterocycles. The van der Waals surface area contributed by atoms with Gasteiger partial charge in [0.2, 0.25) is 0 Å². The average molecular weight is 833 g/mol. The maximum Gasteiger partial charge on any atom is 0.198 e. The Morgan fingerprint density at radius 3 is 1.95 bits per heavy atom. The Kier molecular flexibility index (Phi) is 8.34. The summed E-state index contributed by atoms with van der Waals surface area (Å²) in [6.07, 6.45) is 0. The smallest absolute Gasteiger partial charge is 0.198 e. The lowest BCUT2D eigenvalue weighted by Gasteiger charge is -2.43. The summed E-state index contributed by atoms with van der Waals surface area (Å²) in [6, 6.07) is 81.4. The summed E-state index contributed by atoms with van der Waals surface area (Å²) >= 11 is 1.90. The lowest BCUT2D eigenvalue weighted by atomic mass is 9.57. The van der Waals surface area contributed by atoms with Gasteiger partial charge in [0.25, 0.3) is 0 Å². The van der Waals surface area contributed by atoms with Crippen LogP contribution in [-0.2, 0) is 5.41 Å². The van der Waals surface area contributed by atoms with E-state index in [4.69, 9.17) is 0 Å². The lowest BCUT2D eigenvalue weighted by Crippen LogP contribution is -2.41. The van der Waals surface area contributed by atoms with Crippen LogP contribution < -0.4 is 21.1 Å². The van der Waals surface area contributed by atoms with Gasteiger partial charge in [0.1, 0.15) is 0 Å². The van der Waals surface area contributed by atoms with Crippen LogP contribution in [0.25, 0.3) is 53.2 Å². The fraction of sp³-hybridized carbons (Fsp3) is 0.0333. The van der Waals surface area contributed by atoms with Crippen molar-refractivity contribution >= 4 is 88.9 Å². The van der Waals surface area contributed by atoms with Gasteiger partial charge in [0.15, 0.2) is 7.28 Å². The highest BCUT2D eigenvalue weighted by molar-refractivity contribution is 7.26. The quantitative estimate of drug-likeness (QED) is 0.174. The van der Waals surface area contributed by atoms with Crippen molar-refractivity contribution in [2.24, 2.45) is 0 Å². The van der Waals surface area contributed by atoms with E-state index in [1.165, 1.54) is 109 Å². The van der Waals surface area contributed by atoms with Crippen molar-refractivity contribution in [3.63, 3.8) is 0 Å². The van der Waals surface area contributed by atoms with Crippen molar-refractivity contribution in [2.75, 3.05) is 10.2 Å². The van der Waals surface area contributed by atoms with Crippen LogP contribution in [0.15, 0.2) is 218 Å². The molecular weight excluding hydrogens is 792 g/mol. The highest BCUT2D eigenvalue weighted by Crippen LogP contribution is 2.56. The van der Waals surface area contributed by atoms with E-state index in [2.05, 4.69) is 236 Å². The van der Waals surface area contributed by atoms with Crippen LogP contribution in [0.4, 0.5) is 28.4 Å². The van der Waals surface area contributed by atoms with Gasteiger partial charge >= 0.3 is 0 Å². The lowest BCUT2D eigenvalue weighted by molar-refractivity contribution is 0.741. The normalized spacial score (nSPS) is 13.4. The number of hydrogen-bond donors (Lipinski definition) is 1. The molecule has 2 aliphatic heterocycles. The molecule has 0 atom stereocenters. The molecule has 13 rings (SSSR count). The second-order valence-corrected chi connectivity index (χ2v) is 18.4. The Morgan fingerprint density at radius 1 is 0.484 bits per heavy atom. The van der Waals surface area contributed by atoms with Gasteiger partial charge in [-0.3, -0.25) is 0 Å². The van der Waals surface area contributed by atoms with Crippen LogP contribution in [0.1, 0.15) is 27.8 Å². The number of hydrogen-bond acceptors (Lipinski definition) is 3. The summed E-state index contributed by atoms with van der Waals surface area (Å²) in [7, 11) is 0.792. The second kappa shape index (κ2) is 14.5. The van der Waals surface area contributed by atoms with E-state index in [1.807, 2.05) is 11.3 Å². The number of benzene rings is 10. The molecule has 0 fully saturated rings. The van der Waals surface area contributed by atoms with E-state index in [0.717, 1.165) is 18.7 Å². The fourth-order valence-electron chi connectivity index (χ4n) is 11.1. The molecule has 10 aromatic carbocycles. The topological polar surface area (TPSA) is 15.3 Å². The monoisotopic (exact) mass is 832 g/mol. The zero-order chi connectivity index (χ0) is 42.4. The van der Waals surface area contributed by atoms with Crippen molar-refractivity contribution < 1.29 is 0 Å². The van der Waals surface area contributed by atoms with Gasteiger partial charge in [-0.05, 0) is 99.0 Å². The van der Waals surface area contributed by atoms with Crippen molar-refractivity contribution in [3.8, 4) is 22.3 Å². The Bertz CT molecular complexity index is 3590. The molecule has 0 aliphatic carbocycles. The highest BCUT2D eigenvalue weighted by atomic mass is 32.1. The first kappa shape index (κ1) is 36.9. The van der Waals surface area contributed by atoms with Crippen LogP contribution >= 0.6 is 11.3 Å². The van der Waals surface area contributed by atoms with Gasteiger partial charge in [-0.25, -0.2) is 0 Å². The maximum absolute atomic E-state index is 4.10. The summed E-state index contributed by atoms with van der Waals surface area (Å²) in [5.74, 6) is 0. The van der Waals surface area contributed by atoms with Gasteiger partial charge in [-0.1, -0.05) is 187 Å². The SMILES string of the molecule is Cc1ccc(N2c3cc4c(cc3Bc3c2cc2ccccc2c3-c2cccc3c2Nc2ccccc2C3(c2ccccc2)c2ccccc2)sc2ccccc24)c(-c2ccccc2)c1. The molecule has 2 nitrogen and oxygen atoms in total. The third-order valence-electron chi connectivity index (χ3n) is 13.8. The van der Waals surface area contributed by atoms with Crippen LogP contribution in [0.2, 0.25) is 0 Å². The Balaban J connectivity index is 1.14. The van der Waals surface area contributed by atoms with Gasteiger partial charge in [0.05, 0.1) is 16.8 Å². The number of fused-ring (bicyclic) bond motifs is 8. The largest absolute Gasteiger partial charge is 0.354 e. The van der Waals surface area contributed by atoms with E-state index in [1.54, 1.807) is 0 Å². The van der Waals surface area contributed by atoms with Crippen molar-refractivity contribution in [1.29, 1.82) is 0 Å². The molecule has 64 heavy (non-hydrogen) atoms. The van der Waals surface area contributed by atoms with Crippen LogP contribution in [0.3, 0.4) is 0 Å². The molecule has 0 radical (unpaired) electrons. The molecule has 1 aromatic heterocycles. The minimum atomic E-state index is -0.571. The number of anilines is 5. The summed E-state index contributed by atoms with van der Waals surface area (Å²) in [5.41, 5.74) is 19.1. The molecule has 2 aliphatic rings. The summed E-state index contributed by atoms with van der Waals surface area (Å²) in [5, 5.41) is 9.18. The van der Waals surface area contributed by atoms with Crippen LogP contribution in [0.5, 0.6) is 0 Å². The molecule has 1 N–H and O–H groups in total. The molecular formula is C60H41BN2S. The van der Waals surface area contributed by atoms with E-state index >= 15 is 0 Å². The number of rotatable bonds is 5. The molecule has 3 heterocycles. The van der Waals surface area contributed by atoms with Crippen LogP contribution in [-0.4, -0.2) is 7.28 Å². The molecule has 0 spiro atoms. The Morgan fingerprint density at radius 2 is 1.16 bits per heavy atom. The minimum Gasteiger partial charge on any atom is -0.354 e. The fourth-order valence-corrected chi connectivity index (χ4v) is 12.2. The van der Waals surface area contributed by atoms with Gasteiger partial charge in [-0.2, -0.15) is 0 Å². The number of aryl methyl sites for hydroxylation is 1. The molecule has 0 saturated carbocycles. The van der Waals surface area contributed by atoms with Gasteiger partial charge < -0.3 is 10.2 Å². The predicted molar refractivity (Wildman–Crippen MR) is 275 cm³/mol. The average Bonchev–Trinajstić information content (AvgIpc) is 3.72. The molecule has 0 amide bonds. The molecule has 4 heteroatoms. The maximum atomic E-state index is 4.10. The van der Waals surface area contributed by atoms with Gasteiger partial charge in [-0.15, -0.1) is 11.3 Å². The molecule has 0 bridgehead atoms. The zero-order valence-electron chi connectivity index (χ0n) is 35.3. The van der Waals surface area contributed by atoms with E-state index in [-0.39, 0.29) is 0 Å². The summed E-state index contributed by atoms with van der Waals surface area (Å²) < 4.78 is 2.64. The number of nitrogens with one attached hydrogen (secondary N) is 1. The second-order valence-electron chi connectivity index (χ2n) is 17.3. The Hall–Kier alpha value is -7.66. The Labute approximate surface area is 378 Å². The predicted octanol–water partition coefficient (Wildman–Crippen LogP) is 14.5. The van der Waals surface area contributed by atoms with E-state index in [9.17, 15) is 0 Å². The molecule has 0 unspecified atom stereocenters. The van der Waals surface area contributed by atoms with Crippen LogP contribution in [0, 0.1) is 6.92 Å². The van der Waals surface area contributed by atoms with E-state index < -0.39 is 5.41 Å². The molecule has 11 aromatic rings. The first-order valence-electron chi connectivity index (χ1n) is 22.2. The van der Waals surface area contributed by atoms with Crippen molar-refractivity contribution in [2.45, 2.75) is 12.3 Å². The molecule has 300 valence electrons. The third kappa shape index (κ3) is 5.46.